The highest BCUT2D eigenvalue weighted by molar-refractivity contribution is 6.05. The lowest BCUT2D eigenvalue weighted by molar-refractivity contribution is -0.128. The third-order valence-corrected chi connectivity index (χ3v) is 5.55. The number of carbonyl (C=O) groups is 2. The summed E-state index contributed by atoms with van der Waals surface area (Å²) < 4.78 is 5.83. The molecule has 1 unspecified atom stereocenters. The van der Waals surface area contributed by atoms with Crippen LogP contribution in [-0.4, -0.2) is 43.0 Å². The van der Waals surface area contributed by atoms with Gasteiger partial charge in [-0.2, -0.15) is 0 Å². The van der Waals surface area contributed by atoms with Crippen LogP contribution in [0.25, 0.3) is 0 Å². The van der Waals surface area contributed by atoms with Crippen LogP contribution >= 0.6 is 0 Å². The smallest absolute Gasteiger partial charge is 0.255 e. The molecule has 0 aliphatic carbocycles. The molecule has 2 saturated heterocycles. The van der Waals surface area contributed by atoms with Crippen LogP contribution in [0, 0.1) is 0 Å². The molecule has 6 heteroatoms. The van der Waals surface area contributed by atoms with Gasteiger partial charge in [0.1, 0.15) is 12.4 Å². The maximum Gasteiger partial charge on any atom is 0.255 e. The van der Waals surface area contributed by atoms with E-state index in [1.807, 2.05) is 36.4 Å². The zero-order valence-corrected chi connectivity index (χ0v) is 16.5. The summed E-state index contributed by atoms with van der Waals surface area (Å²) in [6, 6.07) is 14.8. The van der Waals surface area contributed by atoms with Gasteiger partial charge in [0.2, 0.25) is 5.91 Å². The van der Waals surface area contributed by atoms with Crippen LogP contribution < -0.4 is 15.4 Å². The van der Waals surface area contributed by atoms with Crippen molar-refractivity contribution in [2.24, 2.45) is 0 Å². The first kappa shape index (κ1) is 19.5. The number of hydrogen-bond donors (Lipinski definition) is 2. The average molecular weight is 393 g/mol. The van der Waals surface area contributed by atoms with Gasteiger partial charge < -0.3 is 15.4 Å². The Kier molecular flexibility index (Phi) is 6.10. The van der Waals surface area contributed by atoms with Crippen molar-refractivity contribution in [3.05, 3.63) is 59.7 Å². The minimum absolute atomic E-state index is 0.0327. The van der Waals surface area contributed by atoms with Gasteiger partial charge in [-0.15, -0.1) is 0 Å². The van der Waals surface area contributed by atoms with Crippen molar-refractivity contribution >= 4 is 17.5 Å². The van der Waals surface area contributed by atoms with Gasteiger partial charge in [0, 0.05) is 17.8 Å². The minimum Gasteiger partial charge on any atom is -0.492 e. The number of amides is 2. The van der Waals surface area contributed by atoms with E-state index < -0.39 is 0 Å². The third-order valence-electron chi connectivity index (χ3n) is 5.55. The van der Waals surface area contributed by atoms with Crippen LogP contribution in [0.4, 0.5) is 5.69 Å². The number of ether oxygens (including phenoxy) is 1. The number of piperidine rings is 1. The molecule has 2 aliphatic heterocycles. The van der Waals surface area contributed by atoms with Crippen LogP contribution in [0.15, 0.2) is 48.5 Å². The molecule has 152 valence electrons. The first-order chi connectivity index (χ1) is 14.2. The number of para-hydroxylation sites is 1. The maximum absolute atomic E-state index is 12.6. The molecule has 2 heterocycles. The van der Waals surface area contributed by atoms with Gasteiger partial charge in [-0.3, -0.25) is 14.5 Å². The number of β-lactam (4-membered cyclic amide) rings is 1. The molecule has 6 nitrogen and oxygen atoms in total. The SMILES string of the molecule is O=C1CC(c2ccccc2NC(=O)c2ccc(OCCN3CCCCC3)cc2)N1. The molecule has 0 aromatic heterocycles. The molecule has 0 bridgehead atoms. The lowest BCUT2D eigenvalue weighted by Crippen LogP contribution is -2.41. The van der Waals surface area contributed by atoms with E-state index in [0.29, 0.717) is 18.6 Å². The zero-order valence-electron chi connectivity index (χ0n) is 16.5. The van der Waals surface area contributed by atoms with E-state index in [1.165, 1.54) is 19.3 Å². The Bertz CT molecular complexity index is 852. The normalized spacial score (nSPS) is 19.2. The molecule has 2 aromatic carbocycles. The number of nitrogens with zero attached hydrogens (tertiary/aromatic N) is 1. The number of rotatable bonds is 7. The highest BCUT2D eigenvalue weighted by atomic mass is 16.5. The molecule has 2 fully saturated rings. The van der Waals surface area contributed by atoms with E-state index in [9.17, 15) is 9.59 Å². The molecule has 2 amide bonds. The highest BCUT2D eigenvalue weighted by Crippen LogP contribution is 2.30. The van der Waals surface area contributed by atoms with Gasteiger partial charge in [-0.1, -0.05) is 24.6 Å². The average Bonchev–Trinajstić information content (AvgIpc) is 2.73. The lowest BCUT2D eigenvalue weighted by atomic mass is 9.95. The van der Waals surface area contributed by atoms with Gasteiger partial charge in [-0.25, -0.2) is 0 Å². The molecule has 0 spiro atoms. The summed E-state index contributed by atoms with van der Waals surface area (Å²) in [6.07, 6.45) is 4.34. The standard InChI is InChI=1S/C23H27N3O3/c27-22-16-21(24-22)19-6-2-3-7-20(19)25-23(28)17-8-10-18(11-9-17)29-15-14-26-12-4-1-5-13-26/h2-3,6-11,21H,1,4-5,12-16H2,(H,24,27)(H,25,28). The topological polar surface area (TPSA) is 70.7 Å². The highest BCUT2D eigenvalue weighted by Gasteiger charge is 2.28. The van der Waals surface area contributed by atoms with Crippen molar-refractivity contribution in [2.45, 2.75) is 31.7 Å². The molecule has 1 atom stereocenters. The van der Waals surface area contributed by atoms with E-state index in [-0.39, 0.29) is 17.9 Å². The second kappa shape index (κ2) is 9.09. The molecular weight excluding hydrogens is 366 g/mol. The summed E-state index contributed by atoms with van der Waals surface area (Å²) in [5.74, 6) is 0.631. The maximum atomic E-state index is 12.6. The van der Waals surface area contributed by atoms with Gasteiger partial charge in [0.05, 0.1) is 12.5 Å². The molecular formula is C23H27N3O3. The van der Waals surface area contributed by atoms with Crippen LogP contribution in [0.3, 0.4) is 0 Å². The van der Waals surface area contributed by atoms with Crippen molar-refractivity contribution in [3.8, 4) is 5.75 Å². The van der Waals surface area contributed by atoms with E-state index in [4.69, 9.17) is 4.74 Å². The molecule has 4 rings (SSSR count). The summed E-state index contributed by atoms with van der Waals surface area (Å²) >= 11 is 0. The van der Waals surface area contributed by atoms with Gasteiger partial charge in [-0.05, 0) is 61.8 Å². The Morgan fingerprint density at radius 1 is 1.07 bits per heavy atom. The Morgan fingerprint density at radius 3 is 2.52 bits per heavy atom. The largest absolute Gasteiger partial charge is 0.492 e. The fourth-order valence-electron chi connectivity index (χ4n) is 3.83. The lowest BCUT2D eigenvalue weighted by Gasteiger charge is -2.29. The summed E-state index contributed by atoms with van der Waals surface area (Å²) in [5, 5.41) is 5.81. The van der Waals surface area contributed by atoms with E-state index >= 15 is 0 Å². The van der Waals surface area contributed by atoms with Crippen molar-refractivity contribution in [1.82, 2.24) is 10.2 Å². The van der Waals surface area contributed by atoms with Crippen LogP contribution in [0.2, 0.25) is 0 Å². The van der Waals surface area contributed by atoms with Gasteiger partial charge in [0.15, 0.2) is 0 Å². The predicted octanol–water partition coefficient (Wildman–Crippen LogP) is 3.36. The summed E-state index contributed by atoms with van der Waals surface area (Å²) in [4.78, 5) is 26.3. The van der Waals surface area contributed by atoms with Crippen molar-refractivity contribution in [3.63, 3.8) is 0 Å². The van der Waals surface area contributed by atoms with Crippen molar-refractivity contribution in [1.29, 1.82) is 0 Å². The fourth-order valence-corrected chi connectivity index (χ4v) is 3.83. The summed E-state index contributed by atoms with van der Waals surface area (Å²) in [6.45, 7) is 3.92. The zero-order chi connectivity index (χ0) is 20.1. The van der Waals surface area contributed by atoms with E-state index in [0.717, 1.165) is 36.6 Å². The fraction of sp³-hybridized carbons (Fsp3) is 0.391. The van der Waals surface area contributed by atoms with Crippen LogP contribution in [-0.2, 0) is 4.79 Å². The quantitative estimate of drug-likeness (QED) is 0.708. The Labute approximate surface area is 171 Å². The number of likely N-dealkylation sites (tertiary alicyclic amines) is 1. The summed E-state index contributed by atoms with van der Waals surface area (Å²) in [7, 11) is 0. The van der Waals surface area contributed by atoms with Crippen LogP contribution in [0.1, 0.15) is 47.6 Å². The molecule has 0 saturated carbocycles. The molecule has 2 N–H and O–H groups in total. The molecule has 0 radical (unpaired) electrons. The second-order valence-electron chi connectivity index (χ2n) is 7.64. The van der Waals surface area contributed by atoms with Gasteiger partial charge >= 0.3 is 0 Å². The first-order valence-electron chi connectivity index (χ1n) is 10.3. The predicted molar refractivity (Wildman–Crippen MR) is 112 cm³/mol. The van der Waals surface area contributed by atoms with E-state index in [2.05, 4.69) is 15.5 Å². The minimum atomic E-state index is -0.178. The number of nitrogens with one attached hydrogen (secondary N) is 2. The Balaban J connectivity index is 1.31. The Hall–Kier alpha value is -2.86. The van der Waals surface area contributed by atoms with Crippen LogP contribution in [0.5, 0.6) is 5.75 Å². The van der Waals surface area contributed by atoms with E-state index in [1.54, 1.807) is 12.1 Å². The number of anilines is 1. The first-order valence-corrected chi connectivity index (χ1v) is 10.3. The molecule has 2 aromatic rings. The monoisotopic (exact) mass is 393 g/mol. The third kappa shape index (κ3) is 4.95. The number of hydrogen-bond acceptors (Lipinski definition) is 4. The Morgan fingerprint density at radius 2 is 1.79 bits per heavy atom. The van der Waals surface area contributed by atoms with Crippen molar-refractivity contribution < 1.29 is 14.3 Å². The van der Waals surface area contributed by atoms with Crippen molar-refractivity contribution in [2.75, 3.05) is 31.6 Å². The molecule has 29 heavy (non-hydrogen) atoms. The number of carbonyl (C=O) groups excluding carboxylic acids is 2. The molecule has 2 aliphatic rings. The summed E-state index contributed by atoms with van der Waals surface area (Å²) in [5.41, 5.74) is 2.23. The van der Waals surface area contributed by atoms with Gasteiger partial charge in [0.25, 0.3) is 5.91 Å². The second-order valence-corrected chi connectivity index (χ2v) is 7.64. The number of benzene rings is 2.